The monoisotopic (exact) mass is 353 g/mol. The van der Waals surface area contributed by atoms with Gasteiger partial charge in [0.2, 0.25) is 0 Å². The van der Waals surface area contributed by atoms with E-state index in [9.17, 15) is 18.0 Å². The van der Waals surface area contributed by atoms with Crippen molar-refractivity contribution in [3.05, 3.63) is 41.3 Å². The SMILES string of the molecule is Cc1cc(N2CCC(NC(=O)c3ccc(C(F)(F)F)nc3)CC2)n[nH]1. The molecule has 1 fully saturated rings. The molecule has 0 atom stereocenters. The van der Waals surface area contributed by atoms with E-state index < -0.39 is 17.8 Å². The summed E-state index contributed by atoms with van der Waals surface area (Å²) in [6.07, 6.45) is -2.07. The van der Waals surface area contributed by atoms with Gasteiger partial charge < -0.3 is 10.2 Å². The summed E-state index contributed by atoms with van der Waals surface area (Å²) < 4.78 is 37.5. The molecule has 3 rings (SSSR count). The van der Waals surface area contributed by atoms with Gasteiger partial charge in [0.25, 0.3) is 5.91 Å². The molecule has 1 saturated heterocycles. The van der Waals surface area contributed by atoms with Gasteiger partial charge in [-0.25, -0.2) is 0 Å². The first kappa shape index (κ1) is 17.2. The molecular weight excluding hydrogens is 335 g/mol. The number of hydrogen-bond acceptors (Lipinski definition) is 4. The van der Waals surface area contributed by atoms with Crippen molar-refractivity contribution < 1.29 is 18.0 Å². The molecular formula is C16H18F3N5O. The number of amides is 1. The van der Waals surface area contributed by atoms with Gasteiger partial charge in [-0.15, -0.1) is 0 Å². The van der Waals surface area contributed by atoms with E-state index in [0.29, 0.717) is 0 Å². The van der Waals surface area contributed by atoms with E-state index in [2.05, 4.69) is 25.4 Å². The predicted molar refractivity (Wildman–Crippen MR) is 85.3 cm³/mol. The standard InChI is InChI=1S/C16H18F3N5O/c1-10-8-14(23-22-10)24-6-4-12(5-7-24)21-15(25)11-2-3-13(20-9-11)16(17,18)19/h2-3,8-9,12H,4-7H2,1H3,(H,21,25)(H,22,23). The van der Waals surface area contributed by atoms with Crippen LogP contribution in [0.3, 0.4) is 0 Å². The summed E-state index contributed by atoms with van der Waals surface area (Å²) in [5, 5.41) is 9.97. The second-order valence-corrected chi connectivity index (χ2v) is 6.07. The molecule has 0 unspecified atom stereocenters. The van der Waals surface area contributed by atoms with Crippen LogP contribution >= 0.6 is 0 Å². The number of nitrogens with zero attached hydrogens (tertiary/aromatic N) is 3. The molecule has 1 aliphatic heterocycles. The first-order chi connectivity index (χ1) is 11.8. The van der Waals surface area contributed by atoms with E-state index in [1.807, 2.05) is 13.0 Å². The fourth-order valence-electron chi connectivity index (χ4n) is 2.78. The minimum Gasteiger partial charge on any atom is -0.355 e. The zero-order chi connectivity index (χ0) is 18.0. The van der Waals surface area contributed by atoms with Gasteiger partial charge in [-0.3, -0.25) is 14.9 Å². The summed E-state index contributed by atoms with van der Waals surface area (Å²) in [5.74, 6) is 0.476. The summed E-state index contributed by atoms with van der Waals surface area (Å²) in [6.45, 7) is 3.43. The molecule has 0 radical (unpaired) electrons. The Morgan fingerprint density at radius 1 is 1.32 bits per heavy atom. The van der Waals surface area contributed by atoms with Gasteiger partial charge in [0.15, 0.2) is 5.82 Å². The van der Waals surface area contributed by atoms with Crippen molar-refractivity contribution in [2.45, 2.75) is 32.0 Å². The van der Waals surface area contributed by atoms with Crippen molar-refractivity contribution in [1.29, 1.82) is 0 Å². The minimum atomic E-state index is -4.51. The molecule has 2 aromatic rings. The Balaban J connectivity index is 1.54. The lowest BCUT2D eigenvalue weighted by molar-refractivity contribution is -0.141. The number of pyridine rings is 1. The number of halogens is 3. The Morgan fingerprint density at radius 3 is 2.56 bits per heavy atom. The van der Waals surface area contributed by atoms with Gasteiger partial charge in [0, 0.05) is 37.1 Å². The molecule has 2 N–H and O–H groups in total. The lowest BCUT2D eigenvalue weighted by Crippen LogP contribution is -2.44. The molecule has 3 heterocycles. The maximum atomic E-state index is 12.5. The topological polar surface area (TPSA) is 73.9 Å². The van der Waals surface area contributed by atoms with Gasteiger partial charge in [0.05, 0.1) is 5.56 Å². The van der Waals surface area contributed by atoms with Gasteiger partial charge in [-0.05, 0) is 31.9 Å². The third kappa shape index (κ3) is 4.09. The van der Waals surface area contributed by atoms with Crippen LogP contribution in [-0.2, 0) is 6.18 Å². The Hall–Kier alpha value is -2.58. The molecule has 6 nitrogen and oxygen atoms in total. The zero-order valence-electron chi connectivity index (χ0n) is 13.6. The number of H-pyrrole nitrogens is 1. The number of aryl methyl sites for hydroxylation is 1. The number of anilines is 1. The van der Waals surface area contributed by atoms with Crippen LogP contribution in [0.1, 0.15) is 34.6 Å². The van der Waals surface area contributed by atoms with Crippen LogP contribution < -0.4 is 10.2 Å². The van der Waals surface area contributed by atoms with E-state index >= 15 is 0 Å². The molecule has 0 spiro atoms. The fraction of sp³-hybridized carbons (Fsp3) is 0.438. The summed E-state index contributed by atoms with van der Waals surface area (Å²) in [7, 11) is 0. The van der Waals surface area contributed by atoms with Crippen molar-refractivity contribution in [2.24, 2.45) is 0 Å². The van der Waals surface area contributed by atoms with Crippen molar-refractivity contribution in [2.75, 3.05) is 18.0 Å². The Bertz CT molecular complexity index is 733. The summed E-state index contributed by atoms with van der Waals surface area (Å²) >= 11 is 0. The molecule has 2 aromatic heterocycles. The third-order valence-electron chi connectivity index (χ3n) is 4.16. The first-order valence-electron chi connectivity index (χ1n) is 7.94. The highest BCUT2D eigenvalue weighted by molar-refractivity contribution is 5.94. The lowest BCUT2D eigenvalue weighted by Gasteiger charge is -2.32. The average molecular weight is 353 g/mol. The average Bonchev–Trinajstić information content (AvgIpc) is 3.01. The second kappa shape index (κ2) is 6.73. The van der Waals surface area contributed by atoms with Crippen LogP contribution in [0.4, 0.5) is 19.0 Å². The lowest BCUT2D eigenvalue weighted by atomic mass is 10.0. The quantitative estimate of drug-likeness (QED) is 0.889. The van der Waals surface area contributed by atoms with Crippen molar-refractivity contribution in [3.8, 4) is 0 Å². The Morgan fingerprint density at radius 2 is 2.04 bits per heavy atom. The molecule has 0 aromatic carbocycles. The first-order valence-corrected chi connectivity index (χ1v) is 7.94. The number of aromatic amines is 1. The normalized spacial score (nSPS) is 16.1. The molecule has 9 heteroatoms. The van der Waals surface area contributed by atoms with Crippen molar-refractivity contribution in [1.82, 2.24) is 20.5 Å². The second-order valence-electron chi connectivity index (χ2n) is 6.07. The largest absolute Gasteiger partial charge is 0.433 e. The number of carbonyl (C=O) groups excluding carboxylic acids is 1. The minimum absolute atomic E-state index is 0.0221. The van der Waals surface area contributed by atoms with E-state index in [0.717, 1.165) is 55.8 Å². The highest BCUT2D eigenvalue weighted by Crippen LogP contribution is 2.27. The smallest absolute Gasteiger partial charge is 0.355 e. The fourth-order valence-corrected chi connectivity index (χ4v) is 2.78. The number of alkyl halides is 3. The van der Waals surface area contributed by atoms with Crippen LogP contribution in [0.5, 0.6) is 0 Å². The number of rotatable bonds is 3. The van der Waals surface area contributed by atoms with Gasteiger partial charge >= 0.3 is 6.18 Å². The molecule has 1 amide bonds. The Labute approximate surface area is 142 Å². The van der Waals surface area contributed by atoms with Gasteiger partial charge in [0.1, 0.15) is 5.69 Å². The Kier molecular flexibility index (Phi) is 4.65. The van der Waals surface area contributed by atoms with Crippen molar-refractivity contribution in [3.63, 3.8) is 0 Å². The van der Waals surface area contributed by atoms with Crippen molar-refractivity contribution >= 4 is 11.7 Å². The maximum Gasteiger partial charge on any atom is 0.433 e. The predicted octanol–water partition coefficient (Wildman–Crippen LogP) is 2.53. The summed E-state index contributed by atoms with van der Waals surface area (Å²) in [4.78, 5) is 17.6. The molecule has 134 valence electrons. The van der Waals surface area contributed by atoms with Crippen LogP contribution in [0, 0.1) is 6.92 Å². The molecule has 0 bridgehead atoms. The number of nitrogens with one attached hydrogen (secondary N) is 2. The number of piperidine rings is 1. The highest BCUT2D eigenvalue weighted by atomic mass is 19.4. The third-order valence-corrected chi connectivity index (χ3v) is 4.16. The van der Waals surface area contributed by atoms with Gasteiger partial charge in [-0.1, -0.05) is 0 Å². The maximum absolute atomic E-state index is 12.5. The van der Waals surface area contributed by atoms with Crippen LogP contribution in [-0.4, -0.2) is 40.2 Å². The number of aromatic nitrogens is 3. The number of hydrogen-bond donors (Lipinski definition) is 2. The van der Waals surface area contributed by atoms with E-state index in [1.54, 1.807) is 0 Å². The number of carbonyl (C=O) groups is 1. The molecule has 1 aliphatic rings. The van der Waals surface area contributed by atoms with E-state index in [-0.39, 0.29) is 11.6 Å². The van der Waals surface area contributed by atoms with Gasteiger partial charge in [-0.2, -0.15) is 18.3 Å². The zero-order valence-corrected chi connectivity index (χ0v) is 13.6. The van der Waals surface area contributed by atoms with Crippen LogP contribution in [0.15, 0.2) is 24.4 Å². The van der Waals surface area contributed by atoms with E-state index in [4.69, 9.17) is 0 Å². The van der Waals surface area contributed by atoms with E-state index in [1.165, 1.54) is 0 Å². The molecule has 0 saturated carbocycles. The van der Waals surface area contributed by atoms with Crippen LogP contribution in [0.25, 0.3) is 0 Å². The van der Waals surface area contributed by atoms with Crippen LogP contribution in [0.2, 0.25) is 0 Å². The summed E-state index contributed by atoms with van der Waals surface area (Å²) in [6, 6.07) is 3.91. The highest BCUT2D eigenvalue weighted by Gasteiger charge is 2.32. The summed E-state index contributed by atoms with van der Waals surface area (Å²) in [5.41, 5.74) is 0.102. The molecule has 25 heavy (non-hydrogen) atoms. The molecule has 0 aliphatic carbocycles.